The zero-order valence-corrected chi connectivity index (χ0v) is 11.3. The molecule has 0 amide bonds. The first-order valence-corrected chi connectivity index (χ1v) is 6.91. The third kappa shape index (κ3) is 3.22. The number of hydrogen-bond acceptors (Lipinski definition) is 0. The van der Waals surface area contributed by atoms with Crippen LogP contribution in [0.4, 0.5) is 0 Å². The number of hydrogen-bond donors (Lipinski definition) is 0. The zero-order valence-electron chi connectivity index (χ0n) is 11.3. The van der Waals surface area contributed by atoms with Gasteiger partial charge in [0.05, 0.1) is 0 Å². The van der Waals surface area contributed by atoms with Gasteiger partial charge >= 0.3 is 0 Å². The van der Waals surface area contributed by atoms with Crippen LogP contribution in [-0.4, -0.2) is 0 Å². The predicted molar refractivity (Wildman–Crippen MR) is 78.9 cm³/mol. The van der Waals surface area contributed by atoms with Crippen LogP contribution >= 0.6 is 0 Å². The molecule has 0 nitrogen and oxygen atoms in total. The molecule has 2 aromatic rings. The third-order valence-electron chi connectivity index (χ3n) is 3.77. The van der Waals surface area contributed by atoms with Gasteiger partial charge in [0.15, 0.2) is 0 Å². The van der Waals surface area contributed by atoms with Crippen molar-refractivity contribution < 1.29 is 0 Å². The molecule has 2 atom stereocenters. The topological polar surface area (TPSA) is 0 Å². The normalized spacial score (nSPS) is 14.1. The molecular weight excluding hydrogens is 216 g/mol. The average molecular weight is 238 g/mol. The van der Waals surface area contributed by atoms with Gasteiger partial charge in [0.2, 0.25) is 0 Å². The van der Waals surface area contributed by atoms with E-state index < -0.39 is 0 Å². The average Bonchev–Trinajstić information content (AvgIpc) is 2.46. The van der Waals surface area contributed by atoms with Crippen LogP contribution in [-0.2, 0) is 0 Å². The molecule has 0 aliphatic heterocycles. The summed E-state index contributed by atoms with van der Waals surface area (Å²) in [6, 6.07) is 21.7. The zero-order chi connectivity index (χ0) is 12.8. The van der Waals surface area contributed by atoms with Crippen LogP contribution in [0.15, 0.2) is 60.7 Å². The largest absolute Gasteiger partial charge is 0.0648 e. The fourth-order valence-electron chi connectivity index (χ4n) is 2.61. The number of rotatable bonds is 5. The molecule has 18 heavy (non-hydrogen) atoms. The SMILES string of the molecule is CCC(CC(C)c1ccccc1)c1ccccc1. The van der Waals surface area contributed by atoms with E-state index in [1.165, 1.54) is 24.0 Å². The van der Waals surface area contributed by atoms with E-state index in [1.807, 2.05) is 0 Å². The van der Waals surface area contributed by atoms with Crippen molar-refractivity contribution in [2.24, 2.45) is 0 Å². The Morgan fingerprint density at radius 2 is 1.28 bits per heavy atom. The summed E-state index contributed by atoms with van der Waals surface area (Å²) in [6.45, 7) is 4.62. The van der Waals surface area contributed by atoms with Crippen molar-refractivity contribution in [3.8, 4) is 0 Å². The van der Waals surface area contributed by atoms with Crippen LogP contribution in [0, 0.1) is 0 Å². The molecule has 0 saturated heterocycles. The van der Waals surface area contributed by atoms with Crippen molar-refractivity contribution >= 4 is 0 Å². The first kappa shape index (κ1) is 12.9. The summed E-state index contributed by atoms with van der Waals surface area (Å²) in [5, 5.41) is 0. The minimum absolute atomic E-state index is 0.622. The quantitative estimate of drug-likeness (QED) is 0.656. The Balaban J connectivity index is 2.07. The Labute approximate surface area is 111 Å². The van der Waals surface area contributed by atoms with E-state index in [1.54, 1.807) is 0 Å². The highest BCUT2D eigenvalue weighted by atomic mass is 14.2. The molecule has 0 fully saturated rings. The minimum Gasteiger partial charge on any atom is -0.0648 e. The van der Waals surface area contributed by atoms with E-state index in [-0.39, 0.29) is 0 Å². The van der Waals surface area contributed by atoms with Crippen LogP contribution in [0.2, 0.25) is 0 Å². The van der Waals surface area contributed by atoms with Crippen molar-refractivity contribution in [2.75, 3.05) is 0 Å². The molecule has 2 aromatic carbocycles. The first-order valence-electron chi connectivity index (χ1n) is 6.91. The van der Waals surface area contributed by atoms with Gasteiger partial charge in [-0.3, -0.25) is 0 Å². The molecule has 0 radical (unpaired) electrons. The lowest BCUT2D eigenvalue weighted by atomic mass is 9.85. The van der Waals surface area contributed by atoms with Gasteiger partial charge in [-0.15, -0.1) is 0 Å². The van der Waals surface area contributed by atoms with E-state index in [0.717, 1.165) is 0 Å². The summed E-state index contributed by atoms with van der Waals surface area (Å²) < 4.78 is 0. The summed E-state index contributed by atoms with van der Waals surface area (Å²) in [7, 11) is 0. The molecule has 0 aromatic heterocycles. The van der Waals surface area contributed by atoms with Crippen LogP contribution in [0.5, 0.6) is 0 Å². The molecule has 0 spiro atoms. The van der Waals surface area contributed by atoms with Crippen molar-refractivity contribution in [2.45, 2.75) is 38.5 Å². The molecule has 0 heterocycles. The molecular formula is C18H22. The first-order chi connectivity index (χ1) is 8.81. The maximum absolute atomic E-state index is 2.33. The van der Waals surface area contributed by atoms with Gasteiger partial charge in [-0.1, -0.05) is 74.5 Å². The number of benzene rings is 2. The second kappa shape index (κ2) is 6.39. The lowest BCUT2D eigenvalue weighted by molar-refractivity contribution is 0.544. The summed E-state index contributed by atoms with van der Waals surface area (Å²) in [6.07, 6.45) is 2.44. The fraction of sp³-hybridized carbons (Fsp3) is 0.333. The summed E-state index contributed by atoms with van der Waals surface area (Å²) in [4.78, 5) is 0. The minimum atomic E-state index is 0.622. The van der Waals surface area contributed by atoms with Crippen LogP contribution in [0.25, 0.3) is 0 Å². The lowest BCUT2D eigenvalue weighted by Crippen LogP contribution is -2.03. The van der Waals surface area contributed by atoms with Gasteiger partial charge < -0.3 is 0 Å². The van der Waals surface area contributed by atoms with Gasteiger partial charge in [-0.05, 0) is 35.8 Å². The second-order valence-corrected chi connectivity index (χ2v) is 5.06. The molecule has 2 rings (SSSR count). The summed E-state index contributed by atoms with van der Waals surface area (Å²) in [5.41, 5.74) is 2.93. The molecule has 94 valence electrons. The smallest absolute Gasteiger partial charge is 0.0159 e. The highest BCUT2D eigenvalue weighted by molar-refractivity contribution is 5.23. The maximum atomic E-state index is 2.33. The van der Waals surface area contributed by atoms with Crippen molar-refractivity contribution in [1.29, 1.82) is 0 Å². The van der Waals surface area contributed by atoms with E-state index in [9.17, 15) is 0 Å². The summed E-state index contributed by atoms with van der Waals surface area (Å²) >= 11 is 0. The maximum Gasteiger partial charge on any atom is -0.0159 e. The third-order valence-corrected chi connectivity index (χ3v) is 3.77. The van der Waals surface area contributed by atoms with Gasteiger partial charge in [0, 0.05) is 0 Å². The van der Waals surface area contributed by atoms with Crippen molar-refractivity contribution in [1.82, 2.24) is 0 Å². The molecule has 0 bridgehead atoms. The van der Waals surface area contributed by atoms with Gasteiger partial charge in [-0.25, -0.2) is 0 Å². The predicted octanol–water partition coefficient (Wildman–Crippen LogP) is 5.37. The Morgan fingerprint density at radius 1 is 0.778 bits per heavy atom. The lowest BCUT2D eigenvalue weighted by Gasteiger charge is -2.20. The standard InChI is InChI=1S/C18H22/c1-3-16(18-12-8-5-9-13-18)14-15(2)17-10-6-4-7-11-17/h4-13,15-16H,3,14H2,1-2H3. The van der Waals surface area contributed by atoms with E-state index in [0.29, 0.717) is 11.8 Å². The molecule has 0 N–H and O–H groups in total. The molecule has 0 saturated carbocycles. The second-order valence-electron chi connectivity index (χ2n) is 5.06. The molecule has 0 heteroatoms. The summed E-state index contributed by atoms with van der Waals surface area (Å²) in [5.74, 6) is 1.29. The van der Waals surface area contributed by atoms with Crippen molar-refractivity contribution in [3.63, 3.8) is 0 Å². The van der Waals surface area contributed by atoms with Crippen molar-refractivity contribution in [3.05, 3.63) is 71.8 Å². The fourth-order valence-corrected chi connectivity index (χ4v) is 2.61. The Bertz CT molecular complexity index is 444. The van der Waals surface area contributed by atoms with Gasteiger partial charge in [0.1, 0.15) is 0 Å². The van der Waals surface area contributed by atoms with Crippen LogP contribution in [0.3, 0.4) is 0 Å². The van der Waals surface area contributed by atoms with E-state index >= 15 is 0 Å². The van der Waals surface area contributed by atoms with Gasteiger partial charge in [-0.2, -0.15) is 0 Å². The van der Waals surface area contributed by atoms with E-state index in [4.69, 9.17) is 0 Å². The molecule has 0 aliphatic carbocycles. The highest BCUT2D eigenvalue weighted by Gasteiger charge is 2.14. The molecule has 2 unspecified atom stereocenters. The highest BCUT2D eigenvalue weighted by Crippen LogP contribution is 2.31. The molecule has 0 aliphatic rings. The monoisotopic (exact) mass is 238 g/mol. The Morgan fingerprint density at radius 3 is 1.78 bits per heavy atom. The Hall–Kier alpha value is -1.56. The van der Waals surface area contributed by atoms with E-state index in [2.05, 4.69) is 74.5 Å². The van der Waals surface area contributed by atoms with Crippen LogP contribution in [0.1, 0.15) is 49.7 Å². The van der Waals surface area contributed by atoms with Crippen LogP contribution < -0.4 is 0 Å². The van der Waals surface area contributed by atoms with Gasteiger partial charge in [0.25, 0.3) is 0 Å². The Kier molecular flexibility index (Phi) is 4.58.